The lowest BCUT2D eigenvalue weighted by Crippen LogP contribution is -2.10. The van der Waals surface area contributed by atoms with Gasteiger partial charge in [-0.25, -0.2) is 4.98 Å². The molecule has 0 aliphatic heterocycles. The topological polar surface area (TPSA) is 60.5 Å². The van der Waals surface area contributed by atoms with E-state index in [2.05, 4.69) is 10.1 Å². The van der Waals surface area contributed by atoms with Crippen molar-refractivity contribution in [3.8, 4) is 0 Å². The molecule has 72 valence electrons. The number of nitrogens with zero attached hydrogens (tertiary/aromatic N) is 2. The summed E-state index contributed by atoms with van der Waals surface area (Å²) in [7, 11) is 1.53. The van der Waals surface area contributed by atoms with Gasteiger partial charge >= 0.3 is 0 Å². The lowest BCUT2D eigenvalue weighted by molar-refractivity contribution is 0.211. The molecule has 1 aromatic heterocycles. The lowest BCUT2D eigenvalue weighted by atomic mass is 10.1. The summed E-state index contributed by atoms with van der Waals surface area (Å²) in [4.78, 5) is 8.88. The highest BCUT2D eigenvalue weighted by molar-refractivity contribution is 7.13. The van der Waals surface area contributed by atoms with Crippen LogP contribution in [0.1, 0.15) is 19.5 Å². The average molecular weight is 199 g/mol. The predicted octanol–water partition coefficient (Wildman–Crippen LogP) is 1.73. The van der Waals surface area contributed by atoms with Gasteiger partial charge < -0.3 is 10.6 Å². The number of thiazole rings is 1. The molecule has 0 aliphatic rings. The summed E-state index contributed by atoms with van der Waals surface area (Å²) in [5, 5.41) is 6.35. The third-order valence-corrected chi connectivity index (χ3v) is 2.19. The van der Waals surface area contributed by atoms with E-state index in [1.165, 1.54) is 18.4 Å². The minimum Gasteiger partial charge on any atom is -0.399 e. The summed E-state index contributed by atoms with van der Waals surface area (Å²) in [5.41, 5.74) is 7.16. The van der Waals surface area contributed by atoms with Crippen molar-refractivity contribution < 1.29 is 4.84 Å². The maximum atomic E-state index is 5.52. The zero-order valence-corrected chi connectivity index (χ0v) is 8.76. The van der Waals surface area contributed by atoms with E-state index < -0.39 is 0 Å². The molecule has 0 unspecified atom stereocenters. The van der Waals surface area contributed by atoms with Crippen LogP contribution in [0.25, 0.3) is 0 Å². The summed E-state index contributed by atoms with van der Waals surface area (Å²) >= 11 is 1.41. The van der Waals surface area contributed by atoms with E-state index in [-0.39, 0.29) is 5.92 Å². The number of nitrogens with two attached hydrogens (primary N) is 1. The molecule has 13 heavy (non-hydrogen) atoms. The Bertz CT molecular complexity index is 306. The Morgan fingerprint density at radius 3 is 2.77 bits per heavy atom. The van der Waals surface area contributed by atoms with Crippen molar-refractivity contribution >= 4 is 22.2 Å². The predicted molar refractivity (Wildman–Crippen MR) is 54.9 cm³/mol. The number of oxime groups is 1. The van der Waals surface area contributed by atoms with Crippen LogP contribution in [0.4, 0.5) is 5.13 Å². The number of hydrogen-bond donors (Lipinski definition) is 1. The fourth-order valence-electron chi connectivity index (χ4n) is 0.952. The van der Waals surface area contributed by atoms with E-state index in [9.17, 15) is 0 Å². The first-order valence-corrected chi connectivity index (χ1v) is 4.85. The lowest BCUT2D eigenvalue weighted by Gasteiger charge is -2.04. The molecule has 0 fully saturated rings. The summed E-state index contributed by atoms with van der Waals surface area (Å²) in [6.07, 6.45) is 0. The van der Waals surface area contributed by atoms with Gasteiger partial charge in [-0.05, 0) is 0 Å². The van der Waals surface area contributed by atoms with Crippen LogP contribution in [0.2, 0.25) is 0 Å². The second-order valence-electron chi connectivity index (χ2n) is 2.88. The Labute approximate surface area is 81.4 Å². The molecule has 0 aromatic carbocycles. The zero-order chi connectivity index (χ0) is 9.84. The summed E-state index contributed by atoms with van der Waals surface area (Å²) in [6, 6.07) is 0. The summed E-state index contributed by atoms with van der Waals surface area (Å²) < 4.78 is 0. The van der Waals surface area contributed by atoms with Gasteiger partial charge in [-0.2, -0.15) is 0 Å². The molecule has 1 heterocycles. The Morgan fingerprint density at radius 2 is 2.38 bits per heavy atom. The molecule has 4 nitrogen and oxygen atoms in total. The Morgan fingerprint density at radius 1 is 1.69 bits per heavy atom. The van der Waals surface area contributed by atoms with Crippen LogP contribution in [0.5, 0.6) is 0 Å². The fraction of sp³-hybridized carbons (Fsp3) is 0.500. The van der Waals surface area contributed by atoms with Crippen molar-refractivity contribution in [2.45, 2.75) is 13.8 Å². The van der Waals surface area contributed by atoms with E-state index in [0.29, 0.717) is 5.13 Å². The molecule has 0 saturated carbocycles. The highest BCUT2D eigenvalue weighted by Gasteiger charge is 2.12. The maximum absolute atomic E-state index is 5.52. The second-order valence-corrected chi connectivity index (χ2v) is 3.77. The van der Waals surface area contributed by atoms with Crippen molar-refractivity contribution in [1.82, 2.24) is 4.98 Å². The molecule has 0 saturated heterocycles. The molecular weight excluding hydrogens is 186 g/mol. The Kier molecular flexibility index (Phi) is 3.25. The quantitative estimate of drug-likeness (QED) is 0.595. The molecule has 2 N–H and O–H groups in total. The van der Waals surface area contributed by atoms with E-state index in [4.69, 9.17) is 10.6 Å². The molecular formula is C8H13N3OS. The third-order valence-electron chi connectivity index (χ3n) is 1.52. The first kappa shape index (κ1) is 9.98. The van der Waals surface area contributed by atoms with Crippen molar-refractivity contribution in [3.63, 3.8) is 0 Å². The minimum absolute atomic E-state index is 0.279. The van der Waals surface area contributed by atoms with Gasteiger partial charge in [0.05, 0.1) is 0 Å². The molecule has 0 amide bonds. The van der Waals surface area contributed by atoms with Gasteiger partial charge in [-0.15, -0.1) is 11.3 Å². The van der Waals surface area contributed by atoms with Crippen LogP contribution in [0.15, 0.2) is 10.5 Å². The largest absolute Gasteiger partial charge is 0.399 e. The SMILES string of the molecule is CO/N=C(\c1csc(N)n1)C(C)C. The molecule has 1 rings (SSSR count). The number of hydrogen-bond acceptors (Lipinski definition) is 5. The molecule has 1 aromatic rings. The Balaban J connectivity index is 2.95. The number of aromatic nitrogens is 1. The van der Waals surface area contributed by atoms with Crippen molar-refractivity contribution in [1.29, 1.82) is 0 Å². The summed E-state index contributed by atoms with van der Waals surface area (Å²) in [5.74, 6) is 0.279. The molecule has 0 bridgehead atoms. The van der Waals surface area contributed by atoms with Gasteiger partial charge in [-0.3, -0.25) is 0 Å². The first-order valence-electron chi connectivity index (χ1n) is 3.97. The van der Waals surface area contributed by atoms with Crippen LogP contribution in [0.3, 0.4) is 0 Å². The highest BCUT2D eigenvalue weighted by atomic mass is 32.1. The van der Waals surface area contributed by atoms with Gasteiger partial charge in [0.1, 0.15) is 18.5 Å². The van der Waals surface area contributed by atoms with Crippen LogP contribution in [-0.2, 0) is 4.84 Å². The standard InChI is InChI=1S/C8H13N3OS/c1-5(2)7(11-12-3)6-4-13-8(9)10-6/h4-5H,1-3H3,(H2,9,10)/b11-7-. The van der Waals surface area contributed by atoms with Gasteiger partial charge in [0.15, 0.2) is 5.13 Å². The van der Waals surface area contributed by atoms with Gasteiger partial charge in [0.25, 0.3) is 0 Å². The van der Waals surface area contributed by atoms with E-state index in [0.717, 1.165) is 11.4 Å². The normalized spacial score (nSPS) is 12.2. The molecule has 0 atom stereocenters. The average Bonchev–Trinajstić information content (AvgIpc) is 2.46. The van der Waals surface area contributed by atoms with Crippen LogP contribution in [0, 0.1) is 5.92 Å². The molecule has 0 spiro atoms. The zero-order valence-electron chi connectivity index (χ0n) is 7.94. The monoisotopic (exact) mass is 199 g/mol. The highest BCUT2D eigenvalue weighted by Crippen LogP contribution is 2.15. The van der Waals surface area contributed by atoms with Crippen molar-refractivity contribution in [2.75, 3.05) is 12.8 Å². The van der Waals surface area contributed by atoms with E-state index in [1.807, 2.05) is 19.2 Å². The van der Waals surface area contributed by atoms with Crippen LogP contribution in [-0.4, -0.2) is 17.8 Å². The molecule has 0 aliphatic carbocycles. The summed E-state index contributed by atoms with van der Waals surface area (Å²) in [6.45, 7) is 4.07. The Hall–Kier alpha value is -1.10. The second kappa shape index (κ2) is 4.23. The number of rotatable bonds is 3. The first-order chi connectivity index (χ1) is 6.15. The third kappa shape index (κ3) is 2.42. The van der Waals surface area contributed by atoms with E-state index >= 15 is 0 Å². The van der Waals surface area contributed by atoms with Crippen LogP contribution >= 0.6 is 11.3 Å². The van der Waals surface area contributed by atoms with Gasteiger partial charge in [0.2, 0.25) is 0 Å². The van der Waals surface area contributed by atoms with Gasteiger partial charge in [0, 0.05) is 11.3 Å². The maximum Gasteiger partial charge on any atom is 0.180 e. The molecule has 0 radical (unpaired) electrons. The smallest absolute Gasteiger partial charge is 0.180 e. The van der Waals surface area contributed by atoms with E-state index in [1.54, 1.807) is 0 Å². The molecule has 5 heteroatoms. The van der Waals surface area contributed by atoms with Crippen molar-refractivity contribution in [2.24, 2.45) is 11.1 Å². The fourth-order valence-corrected chi connectivity index (χ4v) is 1.51. The van der Waals surface area contributed by atoms with Crippen molar-refractivity contribution in [3.05, 3.63) is 11.1 Å². The van der Waals surface area contributed by atoms with Crippen LogP contribution < -0.4 is 5.73 Å². The number of anilines is 1. The number of nitrogen functional groups attached to an aromatic ring is 1. The van der Waals surface area contributed by atoms with Gasteiger partial charge in [-0.1, -0.05) is 19.0 Å². The minimum atomic E-state index is 0.279.